The van der Waals surface area contributed by atoms with Gasteiger partial charge in [-0.1, -0.05) is 35.9 Å². The zero-order chi connectivity index (χ0) is 28.2. The Morgan fingerprint density at radius 1 is 1.02 bits per heavy atom. The van der Waals surface area contributed by atoms with E-state index in [0.29, 0.717) is 41.8 Å². The Morgan fingerprint density at radius 3 is 2.66 bits per heavy atom. The van der Waals surface area contributed by atoms with Gasteiger partial charge in [0.2, 0.25) is 0 Å². The number of hydrogen-bond donors (Lipinski definition) is 1. The normalized spacial score (nSPS) is 17.3. The summed E-state index contributed by atoms with van der Waals surface area (Å²) in [4.78, 5) is 21.3. The highest BCUT2D eigenvalue weighted by molar-refractivity contribution is 6.31. The van der Waals surface area contributed by atoms with E-state index in [2.05, 4.69) is 9.88 Å². The first kappa shape index (κ1) is 27.4. The molecule has 1 N–H and O–H groups in total. The van der Waals surface area contributed by atoms with Gasteiger partial charge < -0.3 is 23.9 Å². The lowest BCUT2D eigenvalue weighted by Gasteiger charge is -2.35. The summed E-state index contributed by atoms with van der Waals surface area (Å²) in [6.45, 7) is 5.55. The molecule has 2 aliphatic rings. The van der Waals surface area contributed by atoms with Gasteiger partial charge >= 0.3 is 6.09 Å². The number of aromatic nitrogens is 1. The van der Waals surface area contributed by atoms with E-state index >= 15 is 0 Å². The highest BCUT2D eigenvalue weighted by atomic mass is 35.5. The smallest absolute Gasteiger partial charge is 0.416 e. The molecule has 3 aromatic carbocycles. The fraction of sp³-hybridized carbons (Fsp3) is 0.344. The first-order valence-electron chi connectivity index (χ1n) is 14.0. The molecule has 9 heteroatoms. The number of para-hydroxylation sites is 1. The number of ether oxygens (including phenoxy) is 4. The van der Waals surface area contributed by atoms with Gasteiger partial charge in [-0.3, -0.25) is 9.80 Å². The lowest BCUT2D eigenvalue weighted by Crippen LogP contribution is -2.42. The molecule has 1 amide bonds. The molecule has 0 radical (unpaired) electrons. The summed E-state index contributed by atoms with van der Waals surface area (Å²) in [5, 5.41) is 1.75. The van der Waals surface area contributed by atoms with E-state index in [-0.39, 0.29) is 0 Å². The molecule has 8 nitrogen and oxygen atoms in total. The van der Waals surface area contributed by atoms with Crippen molar-refractivity contribution in [3.05, 3.63) is 88.6 Å². The second kappa shape index (κ2) is 12.4. The van der Waals surface area contributed by atoms with E-state index in [1.165, 1.54) is 0 Å². The van der Waals surface area contributed by atoms with Gasteiger partial charge in [0.05, 0.1) is 26.9 Å². The lowest BCUT2D eigenvalue weighted by molar-refractivity contribution is 0.0357. The third-order valence-electron chi connectivity index (χ3n) is 7.76. The van der Waals surface area contributed by atoms with Gasteiger partial charge in [-0.25, -0.2) is 4.79 Å². The maximum atomic E-state index is 13.6. The molecule has 1 fully saturated rings. The van der Waals surface area contributed by atoms with E-state index in [4.69, 9.17) is 30.5 Å². The second-order valence-electron chi connectivity index (χ2n) is 10.3. The summed E-state index contributed by atoms with van der Waals surface area (Å²) in [5.41, 5.74) is 3.97. The van der Waals surface area contributed by atoms with Crippen molar-refractivity contribution in [1.82, 2.24) is 14.8 Å². The number of carbonyl (C=O) groups excluding carboxylic acids is 1. The van der Waals surface area contributed by atoms with Crippen LogP contribution in [0.25, 0.3) is 10.9 Å². The average molecular weight is 576 g/mol. The van der Waals surface area contributed by atoms with Gasteiger partial charge in [0, 0.05) is 47.8 Å². The van der Waals surface area contributed by atoms with Gasteiger partial charge in [-0.05, 0) is 66.4 Å². The van der Waals surface area contributed by atoms with E-state index in [9.17, 15) is 4.79 Å². The number of hydrogen-bond acceptors (Lipinski definition) is 6. The van der Waals surface area contributed by atoms with Crippen LogP contribution < -0.4 is 14.2 Å². The molecule has 0 unspecified atom stereocenters. The molecule has 214 valence electrons. The number of aromatic amines is 1. The van der Waals surface area contributed by atoms with Gasteiger partial charge in [0.25, 0.3) is 0 Å². The Balaban J connectivity index is 1.28. The summed E-state index contributed by atoms with van der Waals surface area (Å²) in [6, 6.07) is 20.5. The first-order valence-corrected chi connectivity index (χ1v) is 14.4. The van der Waals surface area contributed by atoms with Crippen LogP contribution in [-0.4, -0.2) is 74.0 Å². The zero-order valence-corrected chi connectivity index (χ0v) is 23.9. The van der Waals surface area contributed by atoms with Crippen LogP contribution in [0.2, 0.25) is 5.02 Å². The van der Waals surface area contributed by atoms with Crippen LogP contribution in [0.4, 0.5) is 4.79 Å². The quantitative estimate of drug-likeness (QED) is 0.257. The minimum atomic E-state index is -0.412. The molecule has 0 saturated carbocycles. The number of fused-ring (bicyclic) bond motifs is 3. The van der Waals surface area contributed by atoms with Crippen molar-refractivity contribution in [1.29, 1.82) is 0 Å². The number of methoxy groups -OCH3 is 1. The average Bonchev–Trinajstić information content (AvgIpc) is 3.37. The van der Waals surface area contributed by atoms with Crippen molar-refractivity contribution < 1.29 is 23.7 Å². The van der Waals surface area contributed by atoms with Crippen molar-refractivity contribution in [2.75, 3.05) is 53.1 Å². The van der Waals surface area contributed by atoms with Crippen LogP contribution in [0.5, 0.6) is 17.2 Å². The molecule has 0 spiro atoms. The highest BCUT2D eigenvalue weighted by Gasteiger charge is 2.36. The Hall–Kier alpha value is -3.72. The molecule has 6 rings (SSSR count). The maximum Gasteiger partial charge on any atom is 0.416 e. The number of halogens is 1. The standard InChI is InChI=1S/C32H34ClN3O5/c1-38-29-20-22(8-11-28(29)40-17-5-13-35-15-18-39-19-16-35)31-30-25(26-21-23(33)9-10-27(26)34-30)12-14-36(31)32(37)41-24-6-3-2-4-7-24/h2-4,6-11,20-21,31,34H,5,12-19H2,1H3/t31-/m0/s1. The molecule has 3 heterocycles. The number of benzene rings is 3. The molecule has 4 aromatic rings. The van der Waals surface area contributed by atoms with Crippen LogP contribution in [0.15, 0.2) is 66.7 Å². The molecular formula is C32H34ClN3O5. The van der Waals surface area contributed by atoms with Gasteiger partial charge in [0.1, 0.15) is 11.8 Å². The van der Waals surface area contributed by atoms with Crippen LogP contribution in [0, 0.1) is 0 Å². The molecular weight excluding hydrogens is 542 g/mol. The number of morpholine rings is 1. The number of amides is 1. The molecule has 1 atom stereocenters. The third-order valence-corrected chi connectivity index (χ3v) is 7.99. The maximum absolute atomic E-state index is 13.6. The van der Waals surface area contributed by atoms with Crippen LogP contribution in [0.1, 0.15) is 29.3 Å². The summed E-state index contributed by atoms with van der Waals surface area (Å²) >= 11 is 6.36. The highest BCUT2D eigenvalue weighted by Crippen LogP contribution is 2.41. The van der Waals surface area contributed by atoms with Gasteiger partial charge in [-0.15, -0.1) is 0 Å². The summed E-state index contributed by atoms with van der Waals surface area (Å²) in [7, 11) is 1.64. The Kier molecular flexibility index (Phi) is 8.32. The predicted octanol–water partition coefficient (Wildman–Crippen LogP) is 6.08. The molecule has 1 aromatic heterocycles. The summed E-state index contributed by atoms with van der Waals surface area (Å²) in [5.74, 6) is 1.80. The van der Waals surface area contributed by atoms with E-state index in [1.54, 1.807) is 24.1 Å². The first-order chi connectivity index (χ1) is 20.1. The largest absolute Gasteiger partial charge is 0.493 e. The topological polar surface area (TPSA) is 76.3 Å². The second-order valence-corrected chi connectivity index (χ2v) is 10.7. The van der Waals surface area contributed by atoms with Crippen molar-refractivity contribution in [3.8, 4) is 17.2 Å². The fourth-order valence-electron chi connectivity index (χ4n) is 5.72. The van der Waals surface area contributed by atoms with Crippen molar-refractivity contribution in [3.63, 3.8) is 0 Å². The minimum absolute atomic E-state index is 0.411. The Morgan fingerprint density at radius 2 is 1.85 bits per heavy atom. The van der Waals surface area contributed by atoms with Crippen molar-refractivity contribution in [2.24, 2.45) is 0 Å². The van der Waals surface area contributed by atoms with Crippen molar-refractivity contribution in [2.45, 2.75) is 18.9 Å². The third kappa shape index (κ3) is 6.00. The molecule has 0 aliphatic carbocycles. The van der Waals surface area contributed by atoms with Crippen LogP contribution in [-0.2, 0) is 11.2 Å². The zero-order valence-electron chi connectivity index (χ0n) is 23.1. The van der Waals surface area contributed by atoms with Crippen molar-refractivity contribution >= 4 is 28.6 Å². The summed E-state index contributed by atoms with van der Waals surface area (Å²) in [6.07, 6.45) is 1.18. The Bertz CT molecular complexity index is 1500. The van der Waals surface area contributed by atoms with Gasteiger partial charge in [0.15, 0.2) is 11.5 Å². The number of H-pyrrole nitrogens is 1. The van der Waals surface area contributed by atoms with Crippen LogP contribution in [0.3, 0.4) is 0 Å². The van der Waals surface area contributed by atoms with E-state index < -0.39 is 12.1 Å². The number of nitrogens with one attached hydrogen (secondary N) is 1. The fourth-order valence-corrected chi connectivity index (χ4v) is 5.89. The van der Waals surface area contributed by atoms with E-state index in [1.807, 2.05) is 54.6 Å². The monoisotopic (exact) mass is 575 g/mol. The van der Waals surface area contributed by atoms with E-state index in [0.717, 1.165) is 67.0 Å². The summed E-state index contributed by atoms with van der Waals surface area (Å²) < 4.78 is 23.1. The molecule has 2 aliphatic heterocycles. The minimum Gasteiger partial charge on any atom is -0.493 e. The SMILES string of the molecule is COc1cc([C@H]2c3[nH]c4ccc(Cl)cc4c3CCN2C(=O)Oc2ccccc2)ccc1OCCCN1CCOCC1. The Labute approximate surface area is 244 Å². The van der Waals surface area contributed by atoms with Crippen LogP contribution >= 0.6 is 11.6 Å². The number of rotatable bonds is 8. The molecule has 0 bridgehead atoms. The lowest BCUT2D eigenvalue weighted by atomic mass is 9.92. The number of nitrogens with zero attached hydrogens (tertiary/aromatic N) is 2. The number of carbonyl (C=O) groups is 1. The molecule has 1 saturated heterocycles. The predicted molar refractivity (Wildman–Crippen MR) is 158 cm³/mol. The molecule has 41 heavy (non-hydrogen) atoms. The van der Waals surface area contributed by atoms with Gasteiger partial charge in [-0.2, -0.15) is 0 Å².